The molecule has 1 aromatic rings. The highest BCUT2D eigenvalue weighted by atomic mass is 16.5. The molecular formula is C18H31NO2. The molecule has 0 saturated heterocycles. The second-order valence-electron chi connectivity index (χ2n) is 5.82. The number of benzene rings is 1. The maximum Gasteiger partial charge on any atom is 0.119 e. The summed E-state index contributed by atoms with van der Waals surface area (Å²) in [7, 11) is 0. The van der Waals surface area contributed by atoms with E-state index in [1.807, 2.05) is 12.1 Å². The van der Waals surface area contributed by atoms with E-state index in [0.29, 0.717) is 0 Å². The van der Waals surface area contributed by atoms with Crippen molar-refractivity contribution in [2.75, 3.05) is 26.4 Å². The average molecular weight is 293 g/mol. The van der Waals surface area contributed by atoms with Crippen LogP contribution in [0.1, 0.15) is 45.6 Å². The van der Waals surface area contributed by atoms with Gasteiger partial charge in [-0.15, -0.1) is 0 Å². The standard InChI is InChI=1S/C18H31NO2/c1-4-5-12-21-18-8-6-17(7-9-18)15-19-11-14-20-13-10-16(2)3/h6-9,16,19H,4-5,10-15H2,1-3H3. The van der Waals surface area contributed by atoms with Crippen molar-refractivity contribution >= 4 is 0 Å². The van der Waals surface area contributed by atoms with Crippen LogP contribution in [-0.2, 0) is 11.3 Å². The lowest BCUT2D eigenvalue weighted by atomic mass is 10.1. The molecule has 0 radical (unpaired) electrons. The normalized spacial score (nSPS) is 11.0. The molecule has 1 N–H and O–H groups in total. The smallest absolute Gasteiger partial charge is 0.119 e. The van der Waals surface area contributed by atoms with Crippen molar-refractivity contribution in [2.45, 2.75) is 46.6 Å². The van der Waals surface area contributed by atoms with Gasteiger partial charge in [0.05, 0.1) is 13.2 Å². The summed E-state index contributed by atoms with van der Waals surface area (Å²) in [4.78, 5) is 0. The first-order valence-corrected chi connectivity index (χ1v) is 8.22. The summed E-state index contributed by atoms with van der Waals surface area (Å²) in [5, 5.41) is 3.40. The molecule has 0 fully saturated rings. The van der Waals surface area contributed by atoms with E-state index in [0.717, 1.165) is 57.4 Å². The number of nitrogens with one attached hydrogen (secondary N) is 1. The van der Waals surface area contributed by atoms with E-state index in [4.69, 9.17) is 9.47 Å². The molecule has 0 atom stereocenters. The Kier molecular flexibility index (Phi) is 9.92. The zero-order valence-electron chi connectivity index (χ0n) is 13.9. The molecule has 21 heavy (non-hydrogen) atoms. The third-order valence-electron chi connectivity index (χ3n) is 3.28. The van der Waals surface area contributed by atoms with E-state index >= 15 is 0 Å². The molecule has 0 spiro atoms. The molecule has 0 aliphatic heterocycles. The zero-order valence-corrected chi connectivity index (χ0v) is 13.9. The van der Waals surface area contributed by atoms with Gasteiger partial charge in [0.1, 0.15) is 5.75 Å². The van der Waals surface area contributed by atoms with Crippen molar-refractivity contribution in [1.29, 1.82) is 0 Å². The molecular weight excluding hydrogens is 262 g/mol. The van der Waals surface area contributed by atoms with Gasteiger partial charge in [-0.2, -0.15) is 0 Å². The summed E-state index contributed by atoms with van der Waals surface area (Å²) < 4.78 is 11.2. The molecule has 1 rings (SSSR count). The maximum atomic E-state index is 5.65. The Morgan fingerprint density at radius 3 is 2.48 bits per heavy atom. The Hall–Kier alpha value is -1.06. The first-order chi connectivity index (χ1) is 10.2. The van der Waals surface area contributed by atoms with Crippen LogP contribution in [0.4, 0.5) is 0 Å². The van der Waals surface area contributed by atoms with E-state index in [-0.39, 0.29) is 0 Å². The largest absolute Gasteiger partial charge is 0.494 e. The Balaban J connectivity index is 2.07. The molecule has 0 aliphatic carbocycles. The molecule has 1 aromatic carbocycles. The number of hydrogen-bond donors (Lipinski definition) is 1. The minimum absolute atomic E-state index is 0.719. The zero-order chi connectivity index (χ0) is 15.3. The second kappa shape index (κ2) is 11.6. The fourth-order valence-electron chi connectivity index (χ4n) is 1.84. The molecule has 120 valence electrons. The van der Waals surface area contributed by atoms with Gasteiger partial charge in [-0.3, -0.25) is 0 Å². The number of hydrogen-bond acceptors (Lipinski definition) is 3. The number of rotatable bonds is 12. The van der Waals surface area contributed by atoms with Crippen LogP contribution in [0.15, 0.2) is 24.3 Å². The van der Waals surface area contributed by atoms with Crippen LogP contribution in [0.25, 0.3) is 0 Å². The fraction of sp³-hybridized carbons (Fsp3) is 0.667. The maximum absolute atomic E-state index is 5.65. The quantitative estimate of drug-likeness (QED) is 0.590. The Bertz CT molecular complexity index is 349. The van der Waals surface area contributed by atoms with E-state index in [1.54, 1.807) is 0 Å². The summed E-state index contributed by atoms with van der Waals surface area (Å²) in [6, 6.07) is 8.33. The van der Waals surface area contributed by atoms with Gasteiger partial charge in [0, 0.05) is 19.7 Å². The third-order valence-corrected chi connectivity index (χ3v) is 3.28. The molecule has 0 bridgehead atoms. The highest BCUT2D eigenvalue weighted by molar-refractivity contribution is 5.27. The van der Waals surface area contributed by atoms with Gasteiger partial charge in [-0.1, -0.05) is 39.3 Å². The van der Waals surface area contributed by atoms with Gasteiger partial charge < -0.3 is 14.8 Å². The van der Waals surface area contributed by atoms with Crippen LogP contribution in [0.5, 0.6) is 5.75 Å². The first kappa shape index (κ1) is 18.0. The van der Waals surface area contributed by atoms with Gasteiger partial charge in [-0.05, 0) is 36.5 Å². The van der Waals surface area contributed by atoms with Crippen molar-refractivity contribution in [1.82, 2.24) is 5.32 Å². The summed E-state index contributed by atoms with van der Waals surface area (Å²) in [5.41, 5.74) is 1.28. The molecule has 0 aliphatic rings. The van der Waals surface area contributed by atoms with Crippen LogP contribution in [0, 0.1) is 5.92 Å². The van der Waals surface area contributed by atoms with E-state index < -0.39 is 0 Å². The van der Waals surface area contributed by atoms with Gasteiger partial charge in [-0.25, -0.2) is 0 Å². The van der Waals surface area contributed by atoms with Crippen molar-refractivity contribution < 1.29 is 9.47 Å². The lowest BCUT2D eigenvalue weighted by Crippen LogP contribution is -2.19. The molecule has 0 aromatic heterocycles. The van der Waals surface area contributed by atoms with Crippen LogP contribution in [-0.4, -0.2) is 26.4 Å². The van der Waals surface area contributed by atoms with E-state index in [1.165, 1.54) is 12.0 Å². The van der Waals surface area contributed by atoms with Crippen molar-refractivity contribution in [3.05, 3.63) is 29.8 Å². The van der Waals surface area contributed by atoms with Crippen LogP contribution >= 0.6 is 0 Å². The summed E-state index contributed by atoms with van der Waals surface area (Å²) in [5.74, 6) is 1.68. The van der Waals surface area contributed by atoms with E-state index in [2.05, 4.69) is 38.2 Å². The fourth-order valence-corrected chi connectivity index (χ4v) is 1.84. The molecule has 0 unspecified atom stereocenters. The molecule has 0 amide bonds. The van der Waals surface area contributed by atoms with Crippen LogP contribution in [0.3, 0.4) is 0 Å². The predicted molar refractivity (Wildman–Crippen MR) is 88.8 cm³/mol. The highest BCUT2D eigenvalue weighted by Gasteiger charge is 1.97. The predicted octanol–water partition coefficient (Wildman–Crippen LogP) is 4.02. The average Bonchev–Trinajstić information content (AvgIpc) is 2.48. The van der Waals surface area contributed by atoms with E-state index in [9.17, 15) is 0 Å². The molecule has 0 saturated carbocycles. The summed E-state index contributed by atoms with van der Waals surface area (Å²) in [6.07, 6.45) is 3.42. The van der Waals surface area contributed by atoms with Crippen molar-refractivity contribution in [3.63, 3.8) is 0 Å². The minimum atomic E-state index is 0.719. The Morgan fingerprint density at radius 2 is 1.81 bits per heavy atom. The van der Waals surface area contributed by atoms with Gasteiger partial charge in [0.25, 0.3) is 0 Å². The number of unbranched alkanes of at least 4 members (excludes halogenated alkanes) is 1. The lowest BCUT2D eigenvalue weighted by molar-refractivity contribution is 0.125. The Morgan fingerprint density at radius 1 is 1.05 bits per heavy atom. The van der Waals surface area contributed by atoms with Crippen molar-refractivity contribution in [2.24, 2.45) is 5.92 Å². The third kappa shape index (κ3) is 9.48. The highest BCUT2D eigenvalue weighted by Crippen LogP contribution is 2.12. The van der Waals surface area contributed by atoms with Gasteiger partial charge in [0.2, 0.25) is 0 Å². The summed E-state index contributed by atoms with van der Waals surface area (Å²) in [6.45, 7) is 10.8. The van der Waals surface area contributed by atoms with Crippen LogP contribution in [0.2, 0.25) is 0 Å². The Labute approximate surface area is 130 Å². The molecule has 3 heteroatoms. The topological polar surface area (TPSA) is 30.5 Å². The minimum Gasteiger partial charge on any atom is -0.494 e. The monoisotopic (exact) mass is 293 g/mol. The van der Waals surface area contributed by atoms with Gasteiger partial charge in [0.15, 0.2) is 0 Å². The van der Waals surface area contributed by atoms with Crippen LogP contribution < -0.4 is 10.1 Å². The summed E-state index contributed by atoms with van der Waals surface area (Å²) >= 11 is 0. The lowest BCUT2D eigenvalue weighted by Gasteiger charge is -2.09. The molecule has 3 nitrogen and oxygen atoms in total. The van der Waals surface area contributed by atoms with Crippen molar-refractivity contribution in [3.8, 4) is 5.75 Å². The number of ether oxygens (including phenoxy) is 2. The van der Waals surface area contributed by atoms with Gasteiger partial charge >= 0.3 is 0 Å². The first-order valence-electron chi connectivity index (χ1n) is 8.22. The molecule has 0 heterocycles. The SMILES string of the molecule is CCCCOc1ccc(CNCCOCCC(C)C)cc1. The second-order valence-corrected chi connectivity index (χ2v) is 5.82.